The lowest BCUT2D eigenvalue weighted by Crippen LogP contribution is -2.49. The molecule has 41 heavy (non-hydrogen) atoms. The third kappa shape index (κ3) is 16.9. The predicted octanol–water partition coefficient (Wildman–Crippen LogP) is 12.2. The van der Waals surface area contributed by atoms with Gasteiger partial charge in [-0.1, -0.05) is 103 Å². The summed E-state index contributed by atoms with van der Waals surface area (Å²) in [5.74, 6) is 0. The van der Waals surface area contributed by atoms with Crippen LogP contribution in [0.15, 0.2) is 0 Å². The van der Waals surface area contributed by atoms with E-state index < -0.39 is 67.3 Å². The Morgan fingerprint density at radius 2 is 0.659 bits per heavy atom. The number of unbranched alkanes of at least 4 members (excludes halogenated alkanes) is 14. The van der Waals surface area contributed by atoms with Crippen LogP contribution in [0.2, 0.25) is 5.54 Å². The molecule has 0 heterocycles. The zero-order valence-corrected chi connectivity index (χ0v) is 26.8. The molecule has 0 aromatic rings. The average molecular weight is 694 g/mol. The van der Waals surface area contributed by atoms with E-state index in [4.69, 9.17) is 33.2 Å². The second-order valence-electron chi connectivity index (χ2n) is 10.8. The van der Waals surface area contributed by atoms with Gasteiger partial charge in [0.15, 0.2) is 43.2 Å². The average Bonchev–Trinajstić information content (AvgIpc) is 2.92. The van der Waals surface area contributed by atoms with E-state index in [9.17, 15) is 43.9 Å². The Bertz CT molecular complexity index is 635. The van der Waals surface area contributed by atoms with Gasteiger partial charge in [0.2, 0.25) is 0 Å². The van der Waals surface area contributed by atoms with Crippen LogP contribution in [0.25, 0.3) is 0 Å². The Morgan fingerprint density at radius 3 is 0.951 bits per heavy atom. The molecule has 0 saturated carbocycles. The second kappa shape index (κ2) is 22.8. The monoisotopic (exact) mass is 692 g/mol. The van der Waals surface area contributed by atoms with Gasteiger partial charge < -0.3 is 0 Å². The molecule has 14 heteroatoms. The second-order valence-corrected chi connectivity index (χ2v) is 19.7. The Kier molecular flexibility index (Phi) is 23.0. The summed E-state index contributed by atoms with van der Waals surface area (Å²) in [6, 6.07) is -4.04. The van der Waals surface area contributed by atoms with Gasteiger partial charge in [0, 0.05) is 5.54 Å². The van der Waals surface area contributed by atoms with Gasteiger partial charge in [-0.05, 0) is 6.42 Å². The van der Waals surface area contributed by atoms with Crippen molar-refractivity contribution >= 4 is 39.2 Å². The summed E-state index contributed by atoms with van der Waals surface area (Å²) in [6.07, 6.45) is -17.6. The van der Waals surface area contributed by atoms with Gasteiger partial charge in [-0.3, -0.25) is 0 Å². The molecular formula is C27H45Cl3F10Si. The molecule has 0 aromatic carbocycles. The first-order valence-electron chi connectivity index (χ1n) is 14.7. The third-order valence-electron chi connectivity index (χ3n) is 7.29. The first kappa shape index (κ1) is 41.4. The summed E-state index contributed by atoms with van der Waals surface area (Å²) in [7, 11) is 0. The molecule has 0 nitrogen and oxygen atoms in total. The molecule has 248 valence electrons. The van der Waals surface area contributed by atoms with Crippen LogP contribution in [0.5, 0.6) is 0 Å². The van der Waals surface area contributed by atoms with E-state index in [1.165, 1.54) is 51.4 Å². The lowest BCUT2D eigenvalue weighted by atomic mass is 9.96. The van der Waals surface area contributed by atoms with Gasteiger partial charge in [0.25, 0.3) is 6.43 Å². The van der Waals surface area contributed by atoms with Crippen LogP contribution in [0, 0.1) is 0 Å². The van der Waals surface area contributed by atoms with E-state index in [1.54, 1.807) is 0 Å². The van der Waals surface area contributed by atoms with Crippen molar-refractivity contribution in [3.8, 4) is 0 Å². The maximum absolute atomic E-state index is 14.9. The van der Waals surface area contributed by atoms with Gasteiger partial charge >= 0.3 is 6.00 Å². The van der Waals surface area contributed by atoms with Crippen molar-refractivity contribution in [3.63, 3.8) is 0 Å². The molecule has 0 radical (unpaired) electrons. The van der Waals surface area contributed by atoms with Crippen molar-refractivity contribution in [1.82, 2.24) is 0 Å². The lowest BCUT2D eigenvalue weighted by molar-refractivity contribution is -0.0701. The highest BCUT2D eigenvalue weighted by molar-refractivity contribution is 7.65. The molecule has 0 N–H and O–H groups in total. The van der Waals surface area contributed by atoms with Crippen molar-refractivity contribution in [3.05, 3.63) is 0 Å². The van der Waals surface area contributed by atoms with Crippen LogP contribution in [0.4, 0.5) is 43.9 Å². The Balaban J connectivity index is 4.52. The summed E-state index contributed by atoms with van der Waals surface area (Å²) in [6.45, 7) is 2.19. The van der Waals surface area contributed by atoms with E-state index in [0.29, 0.717) is 12.8 Å². The van der Waals surface area contributed by atoms with E-state index >= 15 is 0 Å². The van der Waals surface area contributed by atoms with Gasteiger partial charge in [-0.25, -0.2) is 43.9 Å². The molecule has 0 fully saturated rings. The van der Waals surface area contributed by atoms with E-state index in [-0.39, 0.29) is 6.42 Å². The zero-order chi connectivity index (χ0) is 31.6. The molecule has 0 aliphatic heterocycles. The van der Waals surface area contributed by atoms with Gasteiger partial charge in [-0.15, -0.1) is 33.2 Å². The number of hydrogen-bond donors (Lipinski definition) is 0. The molecule has 9 atom stereocenters. The van der Waals surface area contributed by atoms with Gasteiger partial charge in [-0.2, -0.15) is 0 Å². The number of alkyl halides is 10. The SMILES string of the molecule is CCCCCCCCCCCCCCCCCC(C(F)C(F)C(F)C(F)C(F)C(F)C(F)C(F)C(F)F)[Si](Cl)(Cl)Cl. The number of hydrogen-bond acceptors (Lipinski definition) is 0. The van der Waals surface area contributed by atoms with E-state index in [1.807, 2.05) is 0 Å². The number of rotatable bonds is 26. The molecule has 0 saturated heterocycles. The smallest absolute Gasteiger partial charge is 0.244 e. The molecule has 9 unspecified atom stereocenters. The van der Waals surface area contributed by atoms with E-state index in [0.717, 1.165) is 32.1 Å². The summed E-state index contributed by atoms with van der Waals surface area (Å²) in [4.78, 5) is 0. The topological polar surface area (TPSA) is 0 Å². The zero-order valence-electron chi connectivity index (χ0n) is 23.5. The summed E-state index contributed by atoms with van der Waals surface area (Å²) >= 11 is 17.6. The van der Waals surface area contributed by atoms with Crippen molar-refractivity contribution in [2.24, 2.45) is 0 Å². The van der Waals surface area contributed by atoms with Gasteiger partial charge in [0.05, 0.1) is 0 Å². The van der Waals surface area contributed by atoms with Crippen LogP contribution in [-0.2, 0) is 0 Å². The number of halogens is 13. The standard InChI is InChI=1S/C27H45Cl3F10Si/c1-2-3-4-5-6-7-8-9-10-11-12-13-14-15-16-17-18(41(28,29)30)19(31)20(32)21(33)22(34)23(35)24(36)25(37)26(38)27(39)40/h18-27H,2-17H2,1H3. The molecule has 0 bridgehead atoms. The Morgan fingerprint density at radius 1 is 0.390 bits per heavy atom. The molecule has 0 amide bonds. The minimum atomic E-state index is -4.06. The highest BCUT2D eigenvalue weighted by Gasteiger charge is 2.52. The van der Waals surface area contributed by atoms with Gasteiger partial charge in [0.1, 0.15) is 6.17 Å². The highest BCUT2D eigenvalue weighted by atomic mass is 35.8. The van der Waals surface area contributed by atoms with Crippen LogP contribution in [0.3, 0.4) is 0 Å². The molecule has 0 aromatic heterocycles. The maximum Gasteiger partial charge on any atom is 0.347 e. The normalized spacial score (nSPS) is 19.4. The van der Waals surface area contributed by atoms with Crippen LogP contribution < -0.4 is 0 Å². The molecule has 0 aliphatic rings. The van der Waals surface area contributed by atoms with Crippen LogP contribution >= 0.6 is 33.2 Å². The lowest BCUT2D eigenvalue weighted by Gasteiger charge is -2.31. The first-order valence-corrected chi connectivity index (χ1v) is 19.8. The Hall–Kier alpha value is 0.387. The van der Waals surface area contributed by atoms with Crippen molar-refractivity contribution in [1.29, 1.82) is 0 Å². The molecule has 0 rings (SSSR count). The minimum absolute atomic E-state index is 0.179. The third-order valence-corrected chi connectivity index (χ3v) is 11.3. The predicted molar refractivity (Wildman–Crippen MR) is 152 cm³/mol. The quantitative estimate of drug-likeness (QED) is 0.0366. The highest BCUT2D eigenvalue weighted by Crippen LogP contribution is 2.44. The summed E-state index contributed by atoms with van der Waals surface area (Å²) in [5, 5.41) is 0. The fourth-order valence-electron chi connectivity index (χ4n) is 4.65. The minimum Gasteiger partial charge on any atom is -0.244 e. The van der Waals surface area contributed by atoms with Crippen molar-refractivity contribution in [2.45, 2.75) is 171 Å². The van der Waals surface area contributed by atoms with Crippen LogP contribution in [-0.4, -0.2) is 61.8 Å². The molecular weight excluding hydrogens is 649 g/mol. The first-order chi connectivity index (χ1) is 19.2. The fraction of sp³-hybridized carbons (Fsp3) is 1.00. The molecule has 0 aliphatic carbocycles. The fourth-order valence-corrected chi connectivity index (χ4v) is 7.80. The summed E-state index contributed by atoms with van der Waals surface area (Å²) < 4.78 is 136. The Labute approximate surface area is 253 Å². The van der Waals surface area contributed by atoms with Crippen LogP contribution in [0.1, 0.15) is 110 Å². The largest absolute Gasteiger partial charge is 0.347 e. The summed E-state index contributed by atoms with van der Waals surface area (Å²) in [5.41, 5.74) is -1.64. The van der Waals surface area contributed by atoms with E-state index in [2.05, 4.69) is 6.92 Å². The maximum atomic E-state index is 14.9. The van der Waals surface area contributed by atoms with Crippen molar-refractivity contribution < 1.29 is 43.9 Å². The van der Waals surface area contributed by atoms with Crippen molar-refractivity contribution in [2.75, 3.05) is 0 Å². The molecule has 0 spiro atoms.